The summed E-state index contributed by atoms with van der Waals surface area (Å²) < 4.78 is 0. The highest BCUT2D eigenvalue weighted by Crippen LogP contribution is 2.32. The van der Waals surface area contributed by atoms with E-state index < -0.39 is 23.3 Å². The molecule has 7 nitrogen and oxygen atoms in total. The van der Waals surface area contributed by atoms with Crippen molar-refractivity contribution in [3.8, 4) is 0 Å². The average molecular weight is 359 g/mol. The molecule has 9 heteroatoms. The largest absolute Gasteiger partial charge is 0.476 e. The van der Waals surface area contributed by atoms with E-state index in [-0.39, 0.29) is 5.92 Å². The van der Waals surface area contributed by atoms with Crippen LogP contribution in [0, 0.1) is 0 Å². The molecule has 1 atom stereocenters. The first-order valence-electron chi connectivity index (χ1n) is 6.79. The van der Waals surface area contributed by atoms with Crippen molar-refractivity contribution in [2.45, 2.75) is 12.3 Å². The lowest BCUT2D eigenvalue weighted by atomic mass is 9.99. The zero-order chi connectivity index (χ0) is 17.1. The van der Waals surface area contributed by atoms with Gasteiger partial charge in [0.25, 0.3) is 5.91 Å². The van der Waals surface area contributed by atoms with E-state index in [2.05, 4.69) is 0 Å². The number of hydrogen-bond donors (Lipinski definition) is 4. The highest BCUT2D eigenvalue weighted by atomic mass is 35.5. The van der Waals surface area contributed by atoms with E-state index in [1.807, 2.05) is 11.5 Å². The van der Waals surface area contributed by atoms with Gasteiger partial charge in [-0.05, 0) is 24.1 Å². The Morgan fingerprint density at radius 1 is 1.30 bits per heavy atom. The van der Waals surface area contributed by atoms with Gasteiger partial charge in [0.1, 0.15) is 5.70 Å². The Kier molecular flexibility index (Phi) is 5.35. The van der Waals surface area contributed by atoms with Gasteiger partial charge in [0, 0.05) is 19.0 Å². The minimum atomic E-state index is -1.39. The average Bonchev–Trinajstić information content (AvgIpc) is 2.99. The van der Waals surface area contributed by atoms with Crippen molar-refractivity contribution in [1.29, 1.82) is 0 Å². The number of aliphatic carboxylic acids is 1. The molecule has 0 aromatic heterocycles. The molecule has 0 aliphatic carbocycles. The van der Waals surface area contributed by atoms with Gasteiger partial charge in [-0.15, -0.1) is 0 Å². The SMILES string of the molecule is NN/C(C(=O)O)=C(\N)C(=O)N1CCC(c2ccc(Cl)c(Cl)c2)C1. The minimum Gasteiger partial charge on any atom is -0.476 e. The Hall–Kier alpha value is -1.96. The number of carbonyl (C=O) groups excluding carboxylic acids is 1. The number of halogens is 2. The van der Waals surface area contributed by atoms with Crippen LogP contribution in [0.2, 0.25) is 10.0 Å². The van der Waals surface area contributed by atoms with Crippen LogP contribution in [0.1, 0.15) is 17.9 Å². The quantitative estimate of drug-likeness (QED) is 0.362. The predicted octanol–water partition coefficient (Wildman–Crippen LogP) is 1.03. The molecule has 0 saturated carbocycles. The van der Waals surface area contributed by atoms with Crippen molar-refractivity contribution >= 4 is 35.1 Å². The summed E-state index contributed by atoms with van der Waals surface area (Å²) >= 11 is 11.9. The van der Waals surface area contributed by atoms with Crippen molar-refractivity contribution in [3.05, 3.63) is 45.2 Å². The van der Waals surface area contributed by atoms with Crippen LogP contribution in [0.25, 0.3) is 0 Å². The first-order chi connectivity index (χ1) is 10.8. The zero-order valence-corrected chi connectivity index (χ0v) is 13.6. The van der Waals surface area contributed by atoms with E-state index in [0.29, 0.717) is 23.1 Å². The van der Waals surface area contributed by atoms with Crippen molar-refractivity contribution in [1.82, 2.24) is 10.3 Å². The Morgan fingerprint density at radius 3 is 2.57 bits per heavy atom. The molecule has 0 bridgehead atoms. The number of nitrogens with zero attached hydrogens (tertiary/aromatic N) is 1. The lowest BCUT2D eigenvalue weighted by Gasteiger charge is -2.18. The van der Waals surface area contributed by atoms with Crippen LogP contribution < -0.4 is 17.0 Å². The number of hydrazine groups is 1. The van der Waals surface area contributed by atoms with Crippen LogP contribution >= 0.6 is 23.2 Å². The summed E-state index contributed by atoms with van der Waals surface area (Å²) in [5.41, 5.74) is 7.57. The second-order valence-corrected chi connectivity index (χ2v) is 5.96. The van der Waals surface area contributed by atoms with Gasteiger partial charge in [0.05, 0.1) is 10.0 Å². The highest BCUT2D eigenvalue weighted by molar-refractivity contribution is 6.42. The summed E-state index contributed by atoms with van der Waals surface area (Å²) in [4.78, 5) is 24.7. The van der Waals surface area contributed by atoms with Crippen LogP contribution in [0.15, 0.2) is 29.6 Å². The molecule has 1 aliphatic rings. The number of benzene rings is 1. The number of likely N-dealkylation sites (tertiary alicyclic amines) is 1. The van der Waals surface area contributed by atoms with E-state index >= 15 is 0 Å². The molecule has 0 spiro atoms. The van der Waals surface area contributed by atoms with Crippen LogP contribution in [0.3, 0.4) is 0 Å². The molecule has 1 aromatic carbocycles. The first-order valence-corrected chi connectivity index (χ1v) is 7.54. The van der Waals surface area contributed by atoms with Gasteiger partial charge in [-0.3, -0.25) is 10.6 Å². The standard InChI is InChI=1S/C14H16Cl2N4O3/c15-9-2-1-7(5-10(9)16)8-3-4-20(6-8)13(21)11(17)12(19-18)14(22)23/h1-2,5,8,19H,3-4,6,17-18H2,(H,22,23)/b12-11-. The van der Waals surface area contributed by atoms with Crippen molar-refractivity contribution in [2.75, 3.05) is 13.1 Å². The third-order valence-electron chi connectivity index (χ3n) is 3.75. The predicted molar refractivity (Wildman–Crippen MR) is 86.6 cm³/mol. The molecular weight excluding hydrogens is 343 g/mol. The normalized spacial score (nSPS) is 18.6. The number of rotatable bonds is 4. The fraction of sp³-hybridized carbons (Fsp3) is 0.286. The van der Waals surface area contributed by atoms with E-state index in [1.54, 1.807) is 12.1 Å². The fourth-order valence-electron chi connectivity index (χ4n) is 2.52. The third-order valence-corrected chi connectivity index (χ3v) is 4.49. The van der Waals surface area contributed by atoms with Gasteiger partial charge in [0.2, 0.25) is 0 Å². The van der Waals surface area contributed by atoms with Crippen LogP contribution in [-0.2, 0) is 9.59 Å². The minimum absolute atomic E-state index is 0.0839. The topological polar surface area (TPSA) is 122 Å². The molecule has 1 heterocycles. The number of carboxylic acid groups (broad SMARTS) is 1. The first kappa shape index (κ1) is 17.4. The Balaban J connectivity index is 2.14. The molecule has 2 rings (SSSR count). The third kappa shape index (κ3) is 3.69. The maximum atomic E-state index is 12.3. The van der Waals surface area contributed by atoms with Gasteiger partial charge in [-0.2, -0.15) is 0 Å². The molecule has 1 fully saturated rings. The summed E-state index contributed by atoms with van der Waals surface area (Å²) in [7, 11) is 0. The molecule has 1 aromatic rings. The Bertz CT molecular complexity index is 678. The van der Waals surface area contributed by atoms with E-state index in [4.69, 9.17) is 39.9 Å². The number of carboxylic acids is 1. The number of nitrogens with two attached hydrogens (primary N) is 2. The number of amides is 1. The molecule has 6 N–H and O–H groups in total. The van der Waals surface area contributed by atoms with E-state index in [9.17, 15) is 9.59 Å². The van der Waals surface area contributed by atoms with Gasteiger partial charge in [-0.25, -0.2) is 4.79 Å². The highest BCUT2D eigenvalue weighted by Gasteiger charge is 2.30. The monoisotopic (exact) mass is 358 g/mol. The molecule has 1 unspecified atom stereocenters. The summed E-state index contributed by atoms with van der Waals surface area (Å²) in [6.45, 7) is 0.872. The molecule has 1 saturated heterocycles. The van der Waals surface area contributed by atoms with Gasteiger partial charge >= 0.3 is 5.97 Å². The molecule has 124 valence electrons. The Morgan fingerprint density at radius 2 is 2.00 bits per heavy atom. The summed E-state index contributed by atoms with van der Waals surface area (Å²) in [5, 5.41) is 9.86. The molecule has 1 aliphatic heterocycles. The van der Waals surface area contributed by atoms with E-state index in [1.165, 1.54) is 4.90 Å². The fourth-order valence-corrected chi connectivity index (χ4v) is 2.82. The van der Waals surface area contributed by atoms with Gasteiger partial charge in [-0.1, -0.05) is 29.3 Å². The number of nitrogens with one attached hydrogen (secondary N) is 1. The van der Waals surface area contributed by atoms with Crippen LogP contribution in [0.5, 0.6) is 0 Å². The Labute approximate surface area is 142 Å². The van der Waals surface area contributed by atoms with Gasteiger partial charge in [0.15, 0.2) is 5.70 Å². The second kappa shape index (κ2) is 7.08. The second-order valence-electron chi connectivity index (χ2n) is 5.15. The van der Waals surface area contributed by atoms with E-state index in [0.717, 1.165) is 12.0 Å². The number of hydrogen-bond acceptors (Lipinski definition) is 5. The summed E-state index contributed by atoms with van der Waals surface area (Å²) in [6, 6.07) is 5.33. The number of carbonyl (C=O) groups is 2. The van der Waals surface area contributed by atoms with Crippen molar-refractivity contribution in [3.63, 3.8) is 0 Å². The van der Waals surface area contributed by atoms with Crippen LogP contribution in [0.4, 0.5) is 0 Å². The molecular formula is C14H16Cl2N4O3. The van der Waals surface area contributed by atoms with Crippen LogP contribution in [-0.4, -0.2) is 35.0 Å². The smallest absolute Gasteiger partial charge is 0.355 e. The van der Waals surface area contributed by atoms with Crippen molar-refractivity contribution in [2.24, 2.45) is 11.6 Å². The summed E-state index contributed by atoms with van der Waals surface area (Å²) in [5.74, 6) is 3.22. The zero-order valence-electron chi connectivity index (χ0n) is 12.1. The summed E-state index contributed by atoms with van der Waals surface area (Å²) in [6.07, 6.45) is 0.718. The maximum absolute atomic E-state index is 12.3. The molecule has 1 amide bonds. The van der Waals surface area contributed by atoms with Gasteiger partial charge < -0.3 is 21.2 Å². The lowest BCUT2D eigenvalue weighted by molar-refractivity contribution is -0.134. The molecule has 23 heavy (non-hydrogen) atoms. The van der Waals surface area contributed by atoms with Crippen molar-refractivity contribution < 1.29 is 14.7 Å². The molecule has 0 radical (unpaired) electrons. The lowest BCUT2D eigenvalue weighted by Crippen LogP contribution is -2.38. The maximum Gasteiger partial charge on any atom is 0.355 e.